The zero-order chi connectivity index (χ0) is 23.7. The molecule has 0 spiro atoms. The Kier molecular flexibility index (Phi) is 6.73. The first-order valence-electron chi connectivity index (χ1n) is 11.0. The first-order valence-corrected chi connectivity index (χ1v) is 12.2. The molecule has 1 aromatic heterocycles. The van der Waals surface area contributed by atoms with Crippen molar-refractivity contribution in [2.24, 2.45) is 7.05 Å². The summed E-state index contributed by atoms with van der Waals surface area (Å²) < 4.78 is 2.08. The fourth-order valence-electron chi connectivity index (χ4n) is 4.69. The molecule has 1 aromatic carbocycles. The number of hydrogen-bond donors (Lipinski definition) is 0. The third-order valence-corrected chi connectivity index (χ3v) is 7.71. The number of anilines is 1. The fourth-order valence-corrected chi connectivity index (χ4v) is 6.08. The molecule has 8 heteroatoms. The molecule has 4 rings (SSSR count). The summed E-state index contributed by atoms with van der Waals surface area (Å²) in [6.07, 6.45) is 5.98. The molecule has 33 heavy (non-hydrogen) atoms. The van der Waals surface area contributed by atoms with Crippen molar-refractivity contribution in [1.82, 2.24) is 9.47 Å². The van der Waals surface area contributed by atoms with Gasteiger partial charge in [-0.3, -0.25) is 19.1 Å². The lowest BCUT2D eigenvalue weighted by Gasteiger charge is -2.26. The highest BCUT2D eigenvalue weighted by atomic mass is 32.2. The maximum absolute atomic E-state index is 13.3. The van der Waals surface area contributed by atoms with Crippen LogP contribution in [0.4, 0.5) is 5.82 Å². The molecule has 0 atom stereocenters. The van der Waals surface area contributed by atoms with E-state index in [0.29, 0.717) is 32.7 Å². The summed E-state index contributed by atoms with van der Waals surface area (Å²) in [5.74, 6) is 0.576. The van der Waals surface area contributed by atoms with Gasteiger partial charge in [0.2, 0.25) is 0 Å². The molecule has 0 radical (unpaired) electrons. The van der Waals surface area contributed by atoms with Crippen LogP contribution in [0.1, 0.15) is 47.9 Å². The molecule has 6 nitrogen and oxygen atoms in total. The predicted molar refractivity (Wildman–Crippen MR) is 137 cm³/mol. The minimum absolute atomic E-state index is 0.0830. The van der Waals surface area contributed by atoms with Gasteiger partial charge in [-0.15, -0.1) is 0 Å². The molecular weight excluding hydrogens is 452 g/mol. The van der Waals surface area contributed by atoms with Gasteiger partial charge in [-0.2, -0.15) is 5.26 Å². The van der Waals surface area contributed by atoms with Crippen LogP contribution in [-0.2, 0) is 18.4 Å². The van der Waals surface area contributed by atoms with Gasteiger partial charge in [0.25, 0.3) is 11.5 Å². The average Bonchev–Trinajstić information content (AvgIpc) is 3.41. The predicted octanol–water partition coefficient (Wildman–Crippen LogP) is 4.35. The van der Waals surface area contributed by atoms with Crippen LogP contribution in [0.15, 0.2) is 40.0 Å². The number of nitriles is 1. The summed E-state index contributed by atoms with van der Waals surface area (Å²) in [6.45, 7) is 2.34. The molecule has 2 aromatic rings. The Balaban J connectivity index is 1.81. The zero-order valence-electron chi connectivity index (χ0n) is 19.0. The van der Waals surface area contributed by atoms with Crippen LogP contribution in [0.2, 0.25) is 0 Å². The minimum atomic E-state index is -0.347. The number of rotatable bonds is 5. The second-order valence-corrected chi connectivity index (χ2v) is 10.2. The number of carbonyl (C=O) groups excluding carboxylic acids is 1. The average molecular weight is 479 g/mol. The lowest BCUT2D eigenvalue weighted by molar-refractivity contribution is -0.123. The van der Waals surface area contributed by atoms with E-state index in [1.807, 2.05) is 48.3 Å². The van der Waals surface area contributed by atoms with E-state index in [0.717, 1.165) is 31.2 Å². The van der Waals surface area contributed by atoms with E-state index in [2.05, 4.69) is 0 Å². The maximum Gasteiger partial charge on any atom is 0.270 e. The van der Waals surface area contributed by atoms with Gasteiger partial charge in [-0.25, -0.2) is 0 Å². The number of aromatic nitrogens is 1. The van der Waals surface area contributed by atoms with Crippen LogP contribution in [0.3, 0.4) is 0 Å². The summed E-state index contributed by atoms with van der Waals surface area (Å²) in [6, 6.07) is 12.2. The Bertz CT molecular complexity index is 1240. The number of benzene rings is 1. The minimum Gasteiger partial charge on any atom is -0.356 e. The normalized spacial score (nSPS) is 17.8. The quantitative estimate of drug-likeness (QED) is 0.470. The molecule has 2 fully saturated rings. The van der Waals surface area contributed by atoms with E-state index in [1.165, 1.54) is 16.3 Å². The molecule has 170 valence electrons. The van der Waals surface area contributed by atoms with Gasteiger partial charge in [0, 0.05) is 32.2 Å². The summed E-state index contributed by atoms with van der Waals surface area (Å²) in [4.78, 5) is 30.5. The first kappa shape index (κ1) is 23.3. The fraction of sp³-hybridized carbons (Fsp3) is 0.360. The highest BCUT2D eigenvalue weighted by Crippen LogP contribution is 2.39. The number of carbonyl (C=O) groups is 1. The Morgan fingerprint density at radius 3 is 2.55 bits per heavy atom. The van der Waals surface area contributed by atoms with Crippen LogP contribution in [0, 0.1) is 18.3 Å². The van der Waals surface area contributed by atoms with Crippen molar-refractivity contribution in [3.63, 3.8) is 0 Å². The molecule has 2 heterocycles. The number of thiocarbonyl (C=S) groups is 1. The molecule has 1 saturated heterocycles. The van der Waals surface area contributed by atoms with Gasteiger partial charge in [0.1, 0.15) is 21.8 Å². The Labute approximate surface area is 203 Å². The zero-order valence-corrected chi connectivity index (χ0v) is 20.6. The van der Waals surface area contributed by atoms with Crippen molar-refractivity contribution in [1.29, 1.82) is 5.26 Å². The van der Waals surface area contributed by atoms with Crippen LogP contribution in [0.25, 0.3) is 6.08 Å². The molecule has 1 aliphatic carbocycles. The van der Waals surface area contributed by atoms with Crippen molar-refractivity contribution < 1.29 is 4.79 Å². The first-order chi connectivity index (χ1) is 15.8. The van der Waals surface area contributed by atoms with E-state index >= 15 is 0 Å². The van der Waals surface area contributed by atoms with Gasteiger partial charge in [-0.05, 0) is 37.0 Å². The van der Waals surface area contributed by atoms with E-state index in [9.17, 15) is 14.9 Å². The van der Waals surface area contributed by atoms with Crippen LogP contribution in [-0.4, -0.2) is 32.8 Å². The Hall–Kier alpha value is -2.89. The van der Waals surface area contributed by atoms with E-state index < -0.39 is 0 Å². The van der Waals surface area contributed by atoms with Crippen molar-refractivity contribution in [3.05, 3.63) is 67.8 Å². The molecule has 1 aliphatic heterocycles. The van der Waals surface area contributed by atoms with Gasteiger partial charge in [0.15, 0.2) is 0 Å². The molecular formula is C25H26N4O2S2. The summed E-state index contributed by atoms with van der Waals surface area (Å²) in [5.41, 5.74) is 2.10. The second kappa shape index (κ2) is 9.54. The molecule has 0 bridgehead atoms. The Morgan fingerprint density at radius 2 is 1.91 bits per heavy atom. The van der Waals surface area contributed by atoms with E-state index in [1.54, 1.807) is 24.9 Å². The summed E-state index contributed by atoms with van der Waals surface area (Å²) in [7, 11) is 3.58. The molecule has 1 saturated carbocycles. The lowest BCUT2D eigenvalue weighted by atomic mass is 10.0. The van der Waals surface area contributed by atoms with Crippen molar-refractivity contribution >= 4 is 46.1 Å². The lowest BCUT2D eigenvalue weighted by Crippen LogP contribution is -2.36. The number of thioether (sulfide) groups is 1. The standard InChI is InChI=1S/C25H26N4O2S2/c1-16-19(13-21-24(31)29(25(32)33-21)18-11-7-8-12-18)22(28(3)23(30)20(16)14-26)27(2)15-17-9-5-4-6-10-17/h4-6,9-10,13,18H,7-8,11-12,15H2,1-3H3. The van der Waals surface area contributed by atoms with Crippen LogP contribution in [0.5, 0.6) is 0 Å². The smallest absolute Gasteiger partial charge is 0.270 e. The topological polar surface area (TPSA) is 69.3 Å². The highest BCUT2D eigenvalue weighted by Gasteiger charge is 2.38. The largest absolute Gasteiger partial charge is 0.356 e. The van der Waals surface area contributed by atoms with Crippen molar-refractivity contribution in [2.75, 3.05) is 11.9 Å². The van der Waals surface area contributed by atoms with Crippen LogP contribution >= 0.6 is 24.0 Å². The van der Waals surface area contributed by atoms with Crippen molar-refractivity contribution in [3.8, 4) is 6.07 Å². The molecule has 1 amide bonds. The highest BCUT2D eigenvalue weighted by molar-refractivity contribution is 8.26. The van der Waals surface area contributed by atoms with Crippen molar-refractivity contribution in [2.45, 2.75) is 45.2 Å². The maximum atomic E-state index is 13.3. The number of pyridine rings is 1. The SMILES string of the molecule is Cc1c(C=C2SC(=S)N(C3CCCC3)C2=O)c(N(C)Cc2ccccc2)n(C)c(=O)c1C#N. The second-order valence-electron chi connectivity index (χ2n) is 8.54. The van der Waals surface area contributed by atoms with Gasteiger partial charge >= 0.3 is 0 Å². The summed E-state index contributed by atoms with van der Waals surface area (Å²) in [5, 5.41) is 9.65. The van der Waals surface area contributed by atoms with E-state index in [-0.39, 0.29) is 23.1 Å². The molecule has 0 N–H and O–H groups in total. The van der Waals surface area contributed by atoms with E-state index in [4.69, 9.17) is 12.2 Å². The third kappa shape index (κ3) is 4.35. The number of amides is 1. The molecule has 2 aliphatic rings. The van der Waals surface area contributed by atoms with Gasteiger partial charge in [0.05, 0.1) is 4.91 Å². The van der Waals surface area contributed by atoms with Crippen LogP contribution < -0.4 is 10.5 Å². The van der Waals surface area contributed by atoms with Gasteiger partial charge < -0.3 is 4.90 Å². The third-order valence-electron chi connectivity index (χ3n) is 6.38. The molecule has 0 unspecified atom stereocenters. The number of nitrogens with zero attached hydrogens (tertiary/aromatic N) is 4. The Morgan fingerprint density at radius 1 is 1.24 bits per heavy atom. The monoisotopic (exact) mass is 478 g/mol. The van der Waals surface area contributed by atoms with Gasteiger partial charge in [-0.1, -0.05) is 67.2 Å². The summed E-state index contributed by atoms with van der Waals surface area (Å²) >= 11 is 6.86. The number of hydrogen-bond acceptors (Lipinski definition) is 6.